The van der Waals surface area contributed by atoms with Gasteiger partial charge in [0.15, 0.2) is 5.75 Å². The van der Waals surface area contributed by atoms with E-state index in [1.54, 1.807) is 6.07 Å². The van der Waals surface area contributed by atoms with Crippen LogP contribution in [0.5, 0.6) is 5.75 Å². The van der Waals surface area contributed by atoms with Gasteiger partial charge in [-0.2, -0.15) is 4.99 Å². The van der Waals surface area contributed by atoms with Crippen LogP contribution in [0.2, 0.25) is 0 Å². The van der Waals surface area contributed by atoms with E-state index in [9.17, 15) is 4.79 Å². The fourth-order valence-corrected chi connectivity index (χ4v) is 2.59. The molecule has 0 amide bonds. The average Bonchev–Trinajstić information content (AvgIpc) is 2.04. The second-order valence-electron chi connectivity index (χ2n) is 2.14. The third-order valence-corrected chi connectivity index (χ3v) is 2.62. The summed E-state index contributed by atoms with van der Waals surface area (Å²) in [6.07, 6.45) is 1.48. The van der Waals surface area contributed by atoms with Crippen molar-refractivity contribution < 1.29 is 9.53 Å². The number of carbonyl (C=O) groups excluding carboxylic acids is 1. The van der Waals surface area contributed by atoms with Crippen LogP contribution in [-0.2, 0) is 4.79 Å². The molecule has 0 aliphatic rings. The number of halogens is 2. The van der Waals surface area contributed by atoms with E-state index in [0.717, 1.165) is 8.04 Å². The Balaban J connectivity index is 3.37. The van der Waals surface area contributed by atoms with E-state index >= 15 is 0 Å². The molecule has 0 spiro atoms. The van der Waals surface area contributed by atoms with Crippen LogP contribution in [0.15, 0.2) is 21.6 Å². The molecule has 68 valence electrons. The van der Waals surface area contributed by atoms with E-state index in [1.165, 1.54) is 13.2 Å². The second kappa shape index (κ2) is 4.74. The first kappa shape index (κ1) is 10.7. The maximum atomic E-state index is 10.1. The van der Waals surface area contributed by atoms with E-state index < -0.39 is 0 Å². The minimum atomic E-state index is 0.483. The number of aliphatic imine (C=N–C) groups is 1. The van der Waals surface area contributed by atoms with Crippen LogP contribution in [0.25, 0.3) is 0 Å². The molecule has 0 heterocycles. The smallest absolute Gasteiger partial charge is 0.240 e. The molecule has 3 nitrogen and oxygen atoms in total. The summed E-state index contributed by atoms with van der Waals surface area (Å²) in [5, 5.41) is 0. The summed E-state index contributed by atoms with van der Waals surface area (Å²) in [6.45, 7) is 0. The van der Waals surface area contributed by atoms with Crippen LogP contribution in [0.1, 0.15) is 0 Å². The van der Waals surface area contributed by atoms with Crippen molar-refractivity contribution in [3.63, 3.8) is 0 Å². The van der Waals surface area contributed by atoms with Gasteiger partial charge in [-0.15, -0.1) is 0 Å². The Labute approximate surface area is 97.5 Å². The van der Waals surface area contributed by atoms with E-state index in [0.29, 0.717) is 11.4 Å². The number of benzene rings is 1. The molecule has 0 fully saturated rings. The van der Waals surface area contributed by atoms with Crippen molar-refractivity contribution in [2.24, 2.45) is 4.99 Å². The first-order valence-electron chi connectivity index (χ1n) is 3.30. The maximum absolute atomic E-state index is 10.1. The molecule has 0 aliphatic carbocycles. The molecule has 1 aromatic rings. The molecular formula is C8H5BrINO2. The van der Waals surface area contributed by atoms with Gasteiger partial charge in [-0.1, -0.05) is 15.9 Å². The van der Waals surface area contributed by atoms with Crippen LogP contribution >= 0.6 is 38.5 Å². The average molecular weight is 354 g/mol. The largest absolute Gasteiger partial charge is 0.493 e. The first-order valence-corrected chi connectivity index (χ1v) is 5.17. The molecule has 0 aromatic heterocycles. The van der Waals surface area contributed by atoms with Gasteiger partial charge in [-0.3, -0.25) is 0 Å². The van der Waals surface area contributed by atoms with Crippen molar-refractivity contribution in [2.75, 3.05) is 7.11 Å². The lowest BCUT2D eigenvalue weighted by Gasteiger charge is -2.05. The molecule has 0 atom stereocenters. The minimum Gasteiger partial charge on any atom is -0.493 e. The van der Waals surface area contributed by atoms with E-state index in [-0.39, 0.29) is 0 Å². The summed E-state index contributed by atoms with van der Waals surface area (Å²) in [7, 11) is 1.54. The van der Waals surface area contributed by atoms with Gasteiger partial charge < -0.3 is 4.74 Å². The maximum Gasteiger partial charge on any atom is 0.240 e. The Bertz CT molecular complexity index is 375. The van der Waals surface area contributed by atoms with Gasteiger partial charge >= 0.3 is 0 Å². The van der Waals surface area contributed by atoms with Crippen LogP contribution in [0.4, 0.5) is 5.69 Å². The van der Waals surface area contributed by atoms with Gasteiger partial charge in [0, 0.05) is 4.47 Å². The van der Waals surface area contributed by atoms with Gasteiger partial charge in [0.25, 0.3) is 0 Å². The lowest BCUT2D eigenvalue weighted by Crippen LogP contribution is -1.87. The Kier molecular flexibility index (Phi) is 3.90. The SMILES string of the molecule is COc1c(I)cc(Br)cc1N=C=O. The molecule has 5 heteroatoms. The Morgan fingerprint density at radius 3 is 2.85 bits per heavy atom. The highest BCUT2D eigenvalue weighted by molar-refractivity contribution is 14.1. The predicted octanol–water partition coefficient (Wildman–Crippen LogP) is 3.03. The van der Waals surface area contributed by atoms with E-state index in [1.807, 2.05) is 6.07 Å². The Hall–Kier alpha value is -0.390. The van der Waals surface area contributed by atoms with Crippen LogP contribution in [0.3, 0.4) is 0 Å². The molecule has 0 saturated carbocycles. The zero-order valence-corrected chi connectivity index (χ0v) is 10.4. The highest BCUT2D eigenvalue weighted by atomic mass is 127. The molecule has 0 bridgehead atoms. The van der Waals surface area contributed by atoms with Crippen molar-refractivity contribution in [1.82, 2.24) is 0 Å². The number of hydrogen-bond donors (Lipinski definition) is 0. The fraction of sp³-hybridized carbons (Fsp3) is 0.125. The zero-order valence-electron chi connectivity index (χ0n) is 6.67. The molecule has 0 N–H and O–H groups in total. The molecule has 13 heavy (non-hydrogen) atoms. The van der Waals surface area contributed by atoms with Crippen LogP contribution < -0.4 is 4.74 Å². The van der Waals surface area contributed by atoms with Crippen molar-refractivity contribution >= 4 is 50.3 Å². The normalized spacial score (nSPS) is 9.15. The first-order chi connectivity index (χ1) is 6.19. The molecular weight excluding hydrogens is 349 g/mol. The van der Waals surface area contributed by atoms with Gasteiger partial charge in [-0.05, 0) is 34.7 Å². The van der Waals surface area contributed by atoms with Crippen molar-refractivity contribution in [2.45, 2.75) is 0 Å². The van der Waals surface area contributed by atoms with Gasteiger partial charge in [0.1, 0.15) is 5.69 Å². The lowest BCUT2D eigenvalue weighted by molar-refractivity contribution is 0.413. The van der Waals surface area contributed by atoms with Crippen LogP contribution in [0, 0.1) is 3.57 Å². The number of hydrogen-bond acceptors (Lipinski definition) is 3. The highest BCUT2D eigenvalue weighted by Gasteiger charge is 2.07. The molecule has 1 aromatic carbocycles. The number of isocyanates is 1. The summed E-state index contributed by atoms with van der Waals surface area (Å²) < 4.78 is 6.83. The van der Waals surface area contributed by atoms with Crippen molar-refractivity contribution in [1.29, 1.82) is 0 Å². The molecule has 0 aliphatic heterocycles. The number of methoxy groups -OCH3 is 1. The van der Waals surface area contributed by atoms with Crippen molar-refractivity contribution in [3.05, 3.63) is 20.2 Å². The zero-order chi connectivity index (χ0) is 9.84. The molecule has 0 radical (unpaired) electrons. The third-order valence-electron chi connectivity index (χ3n) is 1.36. The van der Waals surface area contributed by atoms with E-state index in [2.05, 4.69) is 43.5 Å². The number of rotatable bonds is 2. The monoisotopic (exact) mass is 353 g/mol. The lowest BCUT2D eigenvalue weighted by atomic mass is 10.3. The second-order valence-corrected chi connectivity index (χ2v) is 4.22. The van der Waals surface area contributed by atoms with Gasteiger partial charge in [-0.25, -0.2) is 4.79 Å². The summed E-state index contributed by atoms with van der Waals surface area (Å²) in [6, 6.07) is 3.58. The van der Waals surface area contributed by atoms with Gasteiger partial charge in [0.2, 0.25) is 6.08 Å². The minimum absolute atomic E-state index is 0.483. The quantitative estimate of drug-likeness (QED) is 0.465. The number of nitrogens with zero attached hydrogens (tertiary/aromatic N) is 1. The fourth-order valence-electron chi connectivity index (χ4n) is 0.881. The molecule has 1 rings (SSSR count). The topological polar surface area (TPSA) is 38.7 Å². The Morgan fingerprint density at radius 1 is 1.62 bits per heavy atom. The third kappa shape index (κ3) is 2.52. The van der Waals surface area contributed by atoms with Crippen LogP contribution in [-0.4, -0.2) is 13.2 Å². The standard InChI is InChI=1S/C8H5BrINO2/c1-13-8-6(10)2-5(9)3-7(8)11-4-12/h2-3H,1H3. The molecule has 0 saturated heterocycles. The van der Waals surface area contributed by atoms with Crippen molar-refractivity contribution in [3.8, 4) is 5.75 Å². The highest BCUT2D eigenvalue weighted by Crippen LogP contribution is 2.35. The van der Waals surface area contributed by atoms with Gasteiger partial charge in [0.05, 0.1) is 10.7 Å². The summed E-state index contributed by atoms with van der Waals surface area (Å²) >= 11 is 5.40. The van der Waals surface area contributed by atoms with E-state index in [4.69, 9.17) is 4.74 Å². The number of ether oxygens (including phenoxy) is 1. The Morgan fingerprint density at radius 2 is 2.31 bits per heavy atom. The molecule has 0 unspecified atom stereocenters. The summed E-state index contributed by atoms with van der Waals surface area (Å²) in [4.78, 5) is 13.6. The summed E-state index contributed by atoms with van der Waals surface area (Å²) in [5.74, 6) is 0.590. The summed E-state index contributed by atoms with van der Waals surface area (Å²) in [5.41, 5.74) is 0.483. The predicted molar refractivity (Wildman–Crippen MR) is 61.2 cm³/mol.